The molecular formula is C15H24N4. The average molecular weight is 260 g/mol. The van der Waals surface area contributed by atoms with Crippen LogP contribution in [0.15, 0.2) is 0 Å². The summed E-state index contributed by atoms with van der Waals surface area (Å²) in [6.45, 7) is 5.30. The maximum absolute atomic E-state index is 6.01. The van der Waals surface area contributed by atoms with Crippen molar-refractivity contribution >= 4 is 11.6 Å². The molecule has 0 radical (unpaired) electrons. The fourth-order valence-electron chi connectivity index (χ4n) is 2.74. The van der Waals surface area contributed by atoms with E-state index in [2.05, 4.69) is 22.2 Å². The van der Waals surface area contributed by atoms with Crippen LogP contribution in [0.1, 0.15) is 62.8 Å². The second-order valence-corrected chi connectivity index (χ2v) is 6.32. The van der Waals surface area contributed by atoms with Gasteiger partial charge in [0.1, 0.15) is 17.5 Å². The van der Waals surface area contributed by atoms with Gasteiger partial charge in [-0.15, -0.1) is 0 Å². The maximum Gasteiger partial charge on any atom is 0.136 e. The summed E-state index contributed by atoms with van der Waals surface area (Å²) < 4.78 is 0. The third-order valence-electron chi connectivity index (χ3n) is 4.51. The topological polar surface area (TPSA) is 63.8 Å². The zero-order chi connectivity index (χ0) is 13.5. The number of aromatic nitrogens is 2. The minimum atomic E-state index is 0.528. The molecule has 1 heterocycles. The summed E-state index contributed by atoms with van der Waals surface area (Å²) in [4.78, 5) is 9.10. The highest BCUT2D eigenvalue weighted by atomic mass is 15.1. The molecule has 1 aromatic heterocycles. The lowest BCUT2D eigenvalue weighted by Crippen LogP contribution is -2.18. The maximum atomic E-state index is 6.01. The summed E-state index contributed by atoms with van der Waals surface area (Å²) in [6.07, 6.45) is 7.70. The van der Waals surface area contributed by atoms with Crippen LogP contribution in [0.2, 0.25) is 0 Å². The van der Waals surface area contributed by atoms with Crippen molar-refractivity contribution in [2.45, 2.75) is 58.3 Å². The van der Waals surface area contributed by atoms with E-state index in [-0.39, 0.29) is 0 Å². The van der Waals surface area contributed by atoms with Crippen molar-refractivity contribution in [3.05, 3.63) is 11.4 Å². The number of hydrogen-bond donors (Lipinski definition) is 2. The molecule has 19 heavy (non-hydrogen) atoms. The number of rotatable bonds is 6. The first kappa shape index (κ1) is 12.7. The van der Waals surface area contributed by atoms with Gasteiger partial charge >= 0.3 is 0 Å². The summed E-state index contributed by atoms with van der Waals surface area (Å²) in [7, 11) is 0. The van der Waals surface area contributed by atoms with Crippen molar-refractivity contribution < 1.29 is 0 Å². The third-order valence-corrected chi connectivity index (χ3v) is 4.51. The first-order valence-corrected chi connectivity index (χ1v) is 7.51. The Hall–Kier alpha value is -1.32. The van der Waals surface area contributed by atoms with Crippen LogP contribution in [0.25, 0.3) is 0 Å². The first-order valence-electron chi connectivity index (χ1n) is 7.51. The fourth-order valence-corrected chi connectivity index (χ4v) is 2.74. The molecule has 3 rings (SSSR count). The Kier molecular flexibility index (Phi) is 3.11. The molecule has 1 aromatic rings. The third kappa shape index (κ3) is 2.67. The minimum absolute atomic E-state index is 0.528. The quantitative estimate of drug-likeness (QED) is 0.824. The molecule has 2 fully saturated rings. The lowest BCUT2D eigenvalue weighted by Gasteiger charge is -2.17. The van der Waals surface area contributed by atoms with Gasteiger partial charge in [-0.05, 0) is 44.4 Å². The van der Waals surface area contributed by atoms with Gasteiger partial charge in [-0.3, -0.25) is 0 Å². The van der Waals surface area contributed by atoms with Crippen molar-refractivity contribution in [3.63, 3.8) is 0 Å². The molecule has 104 valence electrons. The lowest BCUT2D eigenvalue weighted by atomic mass is 10.0. The van der Waals surface area contributed by atoms with Gasteiger partial charge in [-0.25, -0.2) is 9.97 Å². The van der Waals surface area contributed by atoms with E-state index in [4.69, 9.17) is 5.73 Å². The van der Waals surface area contributed by atoms with Gasteiger partial charge in [-0.2, -0.15) is 0 Å². The van der Waals surface area contributed by atoms with Crippen LogP contribution in [-0.2, 0) is 0 Å². The number of nitrogens with one attached hydrogen (secondary N) is 1. The monoisotopic (exact) mass is 260 g/mol. The van der Waals surface area contributed by atoms with Crippen molar-refractivity contribution in [3.8, 4) is 0 Å². The Morgan fingerprint density at radius 2 is 2.05 bits per heavy atom. The van der Waals surface area contributed by atoms with Gasteiger partial charge in [0.2, 0.25) is 0 Å². The van der Waals surface area contributed by atoms with Crippen LogP contribution in [0.4, 0.5) is 11.6 Å². The summed E-state index contributed by atoms with van der Waals surface area (Å²) in [5, 5.41) is 3.53. The Balaban J connectivity index is 1.72. The summed E-state index contributed by atoms with van der Waals surface area (Å²) in [5.74, 6) is 3.08. The Morgan fingerprint density at radius 3 is 2.63 bits per heavy atom. The molecule has 2 aliphatic carbocycles. The fraction of sp³-hybridized carbons (Fsp3) is 0.733. The van der Waals surface area contributed by atoms with E-state index in [1.54, 1.807) is 0 Å². The van der Waals surface area contributed by atoms with E-state index in [0.717, 1.165) is 23.8 Å². The van der Waals surface area contributed by atoms with E-state index in [9.17, 15) is 0 Å². The Labute approximate surface area is 115 Å². The Bertz CT molecular complexity index is 475. The number of anilines is 2. The molecule has 0 atom stereocenters. The van der Waals surface area contributed by atoms with E-state index < -0.39 is 0 Å². The average Bonchev–Trinajstić information content (AvgIpc) is 3.25. The zero-order valence-corrected chi connectivity index (χ0v) is 12.0. The normalized spacial score (nSPS) is 20.3. The van der Waals surface area contributed by atoms with Crippen LogP contribution in [0.5, 0.6) is 0 Å². The van der Waals surface area contributed by atoms with Gasteiger partial charge in [-0.1, -0.05) is 13.3 Å². The highest BCUT2D eigenvalue weighted by Crippen LogP contribution is 2.49. The molecule has 0 aliphatic heterocycles. The molecule has 0 saturated heterocycles. The van der Waals surface area contributed by atoms with Crippen LogP contribution in [0.3, 0.4) is 0 Å². The van der Waals surface area contributed by atoms with Crippen LogP contribution in [0, 0.1) is 12.3 Å². The summed E-state index contributed by atoms with van der Waals surface area (Å²) in [6, 6.07) is 0. The van der Waals surface area contributed by atoms with E-state index in [1.165, 1.54) is 38.5 Å². The second kappa shape index (κ2) is 4.66. The number of nitrogens with zero attached hydrogens (tertiary/aromatic N) is 2. The molecule has 4 heteroatoms. The minimum Gasteiger partial charge on any atom is -0.383 e. The number of nitrogens with two attached hydrogens (primary N) is 1. The molecule has 0 aromatic carbocycles. The number of nitrogen functional groups attached to an aromatic ring is 1. The molecule has 2 aliphatic rings. The smallest absolute Gasteiger partial charge is 0.136 e. The Morgan fingerprint density at radius 1 is 1.32 bits per heavy atom. The molecule has 4 nitrogen and oxygen atoms in total. The highest BCUT2D eigenvalue weighted by molar-refractivity contribution is 5.55. The van der Waals surface area contributed by atoms with Crippen molar-refractivity contribution in [1.29, 1.82) is 0 Å². The van der Waals surface area contributed by atoms with Crippen molar-refractivity contribution in [1.82, 2.24) is 9.97 Å². The van der Waals surface area contributed by atoms with Crippen LogP contribution < -0.4 is 11.1 Å². The summed E-state index contributed by atoms with van der Waals surface area (Å²) >= 11 is 0. The zero-order valence-electron chi connectivity index (χ0n) is 12.0. The highest BCUT2D eigenvalue weighted by Gasteiger charge is 2.41. The predicted molar refractivity (Wildman–Crippen MR) is 78.2 cm³/mol. The van der Waals surface area contributed by atoms with Crippen LogP contribution >= 0.6 is 0 Å². The van der Waals surface area contributed by atoms with E-state index >= 15 is 0 Å². The largest absolute Gasteiger partial charge is 0.383 e. The van der Waals surface area contributed by atoms with Gasteiger partial charge in [0.05, 0.1) is 0 Å². The molecule has 2 saturated carbocycles. The van der Waals surface area contributed by atoms with Gasteiger partial charge in [0.15, 0.2) is 0 Å². The number of hydrogen-bond acceptors (Lipinski definition) is 4. The molecule has 0 spiro atoms. The molecule has 0 unspecified atom stereocenters. The molecular weight excluding hydrogens is 236 g/mol. The van der Waals surface area contributed by atoms with E-state index in [1.807, 2.05) is 6.92 Å². The van der Waals surface area contributed by atoms with Gasteiger partial charge in [0, 0.05) is 18.0 Å². The first-order chi connectivity index (χ1) is 9.13. The molecule has 0 bridgehead atoms. The van der Waals surface area contributed by atoms with Gasteiger partial charge in [0.25, 0.3) is 0 Å². The lowest BCUT2D eigenvalue weighted by molar-refractivity contribution is 0.485. The summed E-state index contributed by atoms with van der Waals surface area (Å²) in [5.41, 5.74) is 7.53. The van der Waals surface area contributed by atoms with E-state index in [0.29, 0.717) is 17.2 Å². The molecule has 3 N–H and O–H groups in total. The second-order valence-electron chi connectivity index (χ2n) is 6.32. The van der Waals surface area contributed by atoms with Crippen LogP contribution in [-0.4, -0.2) is 16.5 Å². The van der Waals surface area contributed by atoms with Crippen molar-refractivity contribution in [2.75, 3.05) is 17.6 Å². The van der Waals surface area contributed by atoms with Gasteiger partial charge < -0.3 is 11.1 Å². The van der Waals surface area contributed by atoms with Crippen molar-refractivity contribution in [2.24, 2.45) is 5.41 Å². The molecule has 0 amide bonds. The predicted octanol–water partition coefficient (Wildman–Crippen LogP) is 3.24. The SMILES string of the molecule is CCCC1(CNc2nc(C3CC3)nc(N)c2C)CC1. The standard InChI is InChI=1S/C15H24N4/c1-3-6-15(7-8-15)9-17-13-10(2)12(16)18-14(19-13)11-4-5-11/h11H,3-9H2,1-2H3,(H3,16,17,18,19).